The molecule has 0 saturated carbocycles. The van der Waals surface area contributed by atoms with Gasteiger partial charge < -0.3 is 15.3 Å². The average Bonchev–Trinajstić information content (AvgIpc) is 2.34. The van der Waals surface area contributed by atoms with Crippen molar-refractivity contribution < 1.29 is 27.9 Å². The number of rotatable bonds is 4. The molecule has 0 spiro atoms. The van der Waals surface area contributed by atoms with E-state index in [1.807, 2.05) is 0 Å². The molecule has 2 N–H and O–H groups in total. The zero-order chi connectivity index (χ0) is 15.4. The largest absolute Gasteiger partial charge is 0.481 e. The molecule has 1 heterocycles. The van der Waals surface area contributed by atoms with Gasteiger partial charge in [0.1, 0.15) is 0 Å². The van der Waals surface area contributed by atoms with E-state index in [0.717, 1.165) is 0 Å². The number of hydrogen-bond donors (Lipinski definition) is 2. The standard InChI is InChI=1S/C11H17F3N2O3S/c1-10(8(17)18)2-5-16(6-3-10)9(19)15-4-7-20-11(12,13)14/h2-7H2,1H3,(H,15,19)(H,17,18). The Morgan fingerprint density at radius 2 is 1.90 bits per heavy atom. The van der Waals surface area contributed by atoms with Crippen molar-refractivity contribution in [2.24, 2.45) is 5.41 Å². The van der Waals surface area contributed by atoms with E-state index in [1.54, 1.807) is 6.92 Å². The number of carbonyl (C=O) groups is 2. The fourth-order valence-corrected chi connectivity index (χ4v) is 2.29. The number of amides is 2. The lowest BCUT2D eigenvalue weighted by Gasteiger charge is -2.36. The van der Waals surface area contributed by atoms with Gasteiger partial charge in [0.15, 0.2) is 0 Å². The minimum absolute atomic E-state index is 0.0737. The van der Waals surface area contributed by atoms with Crippen molar-refractivity contribution in [2.45, 2.75) is 25.3 Å². The maximum absolute atomic E-state index is 11.9. The highest BCUT2D eigenvalue weighted by Gasteiger charge is 2.38. The van der Waals surface area contributed by atoms with E-state index in [2.05, 4.69) is 5.32 Å². The van der Waals surface area contributed by atoms with Crippen molar-refractivity contribution in [1.82, 2.24) is 10.2 Å². The number of piperidine rings is 1. The summed E-state index contributed by atoms with van der Waals surface area (Å²) in [5, 5.41) is 11.4. The fourth-order valence-electron chi connectivity index (χ4n) is 1.85. The van der Waals surface area contributed by atoms with Gasteiger partial charge in [0.05, 0.1) is 5.41 Å². The fraction of sp³-hybridized carbons (Fsp3) is 0.818. The monoisotopic (exact) mass is 314 g/mol. The lowest BCUT2D eigenvalue weighted by atomic mass is 9.80. The number of carboxylic acids is 1. The summed E-state index contributed by atoms with van der Waals surface area (Å²) in [6, 6.07) is -0.444. The van der Waals surface area contributed by atoms with E-state index in [9.17, 15) is 22.8 Å². The zero-order valence-electron chi connectivity index (χ0n) is 11.0. The number of likely N-dealkylation sites (tertiary alicyclic amines) is 1. The molecule has 0 atom stereocenters. The molecule has 0 aromatic carbocycles. The maximum atomic E-state index is 11.9. The van der Waals surface area contributed by atoms with E-state index >= 15 is 0 Å². The highest BCUT2D eigenvalue weighted by atomic mass is 32.2. The van der Waals surface area contributed by atoms with Crippen molar-refractivity contribution in [3.8, 4) is 0 Å². The van der Waals surface area contributed by atoms with E-state index in [0.29, 0.717) is 25.9 Å². The highest BCUT2D eigenvalue weighted by Crippen LogP contribution is 2.31. The van der Waals surface area contributed by atoms with Crippen molar-refractivity contribution in [3.63, 3.8) is 0 Å². The lowest BCUT2D eigenvalue weighted by molar-refractivity contribution is -0.150. The van der Waals surface area contributed by atoms with E-state index < -0.39 is 22.9 Å². The second kappa shape index (κ2) is 6.55. The molecule has 0 aromatic rings. The van der Waals surface area contributed by atoms with Crippen LogP contribution in [0.5, 0.6) is 0 Å². The molecule has 1 aliphatic heterocycles. The number of urea groups is 1. The Kier molecular flexibility index (Phi) is 5.55. The zero-order valence-corrected chi connectivity index (χ0v) is 11.8. The van der Waals surface area contributed by atoms with Crippen molar-refractivity contribution in [1.29, 1.82) is 0 Å². The molecular formula is C11H17F3N2O3S. The minimum Gasteiger partial charge on any atom is -0.481 e. The van der Waals surface area contributed by atoms with E-state index in [4.69, 9.17) is 5.11 Å². The lowest BCUT2D eigenvalue weighted by Crippen LogP contribution is -2.49. The van der Waals surface area contributed by atoms with Gasteiger partial charge in [-0.2, -0.15) is 13.2 Å². The third-order valence-electron chi connectivity index (χ3n) is 3.31. The first kappa shape index (κ1) is 16.9. The quantitative estimate of drug-likeness (QED) is 0.780. The molecule has 0 bridgehead atoms. The number of carboxylic acid groups (broad SMARTS) is 1. The van der Waals surface area contributed by atoms with Gasteiger partial charge in [-0.15, -0.1) is 0 Å². The Hall–Kier alpha value is -1.12. The third-order valence-corrected chi connectivity index (χ3v) is 4.05. The Morgan fingerprint density at radius 1 is 1.35 bits per heavy atom. The molecule has 116 valence electrons. The smallest absolute Gasteiger partial charge is 0.441 e. The number of aliphatic carboxylic acids is 1. The van der Waals surface area contributed by atoms with Crippen LogP contribution >= 0.6 is 11.8 Å². The number of thioether (sulfide) groups is 1. The number of nitrogens with zero attached hydrogens (tertiary/aromatic N) is 1. The molecule has 9 heteroatoms. The van der Waals surface area contributed by atoms with Crippen molar-refractivity contribution >= 4 is 23.8 Å². The summed E-state index contributed by atoms with van der Waals surface area (Å²) in [5.41, 5.74) is -5.12. The van der Waals surface area contributed by atoms with Crippen molar-refractivity contribution in [2.75, 3.05) is 25.4 Å². The molecule has 0 aliphatic carbocycles. The number of nitrogens with one attached hydrogen (secondary N) is 1. The summed E-state index contributed by atoms with van der Waals surface area (Å²) in [4.78, 5) is 24.1. The molecule has 20 heavy (non-hydrogen) atoms. The average molecular weight is 314 g/mol. The van der Waals surface area contributed by atoms with E-state index in [1.165, 1.54) is 4.90 Å². The van der Waals surface area contributed by atoms with Crippen LogP contribution in [0.15, 0.2) is 0 Å². The summed E-state index contributed by atoms with van der Waals surface area (Å²) < 4.78 is 35.6. The molecule has 1 fully saturated rings. The first-order chi connectivity index (χ1) is 9.14. The Morgan fingerprint density at radius 3 is 2.35 bits per heavy atom. The highest BCUT2D eigenvalue weighted by molar-refractivity contribution is 8.00. The molecule has 0 radical (unpaired) electrons. The van der Waals surface area contributed by atoms with Crippen LogP contribution in [0.1, 0.15) is 19.8 Å². The predicted molar refractivity (Wildman–Crippen MR) is 68.5 cm³/mol. The second-order valence-corrected chi connectivity index (χ2v) is 6.04. The van der Waals surface area contributed by atoms with Gasteiger partial charge in [0.25, 0.3) is 0 Å². The van der Waals surface area contributed by atoms with Gasteiger partial charge in [-0.1, -0.05) is 0 Å². The topological polar surface area (TPSA) is 69.6 Å². The molecule has 1 rings (SSSR count). The maximum Gasteiger partial charge on any atom is 0.441 e. The van der Waals surface area contributed by atoms with E-state index in [-0.39, 0.29) is 24.1 Å². The van der Waals surface area contributed by atoms with Gasteiger partial charge in [0.2, 0.25) is 0 Å². The predicted octanol–water partition coefficient (Wildman–Crippen LogP) is 2.14. The Labute approximate surface area is 118 Å². The van der Waals surface area contributed by atoms with Gasteiger partial charge in [-0.25, -0.2) is 4.79 Å². The summed E-state index contributed by atoms with van der Waals surface area (Å²) in [5.74, 6) is -1.13. The summed E-state index contributed by atoms with van der Waals surface area (Å²) in [7, 11) is 0. The van der Waals surface area contributed by atoms with Crippen LogP contribution in [0.25, 0.3) is 0 Å². The Bertz CT molecular complexity index is 368. The first-order valence-electron chi connectivity index (χ1n) is 6.11. The first-order valence-corrected chi connectivity index (χ1v) is 7.09. The van der Waals surface area contributed by atoms with Crippen molar-refractivity contribution in [3.05, 3.63) is 0 Å². The molecule has 1 aliphatic rings. The number of alkyl halides is 3. The van der Waals surface area contributed by atoms with Crippen LogP contribution in [-0.4, -0.2) is 52.9 Å². The number of carbonyl (C=O) groups excluding carboxylic acids is 1. The third kappa shape index (κ3) is 5.10. The van der Waals surface area contributed by atoms with Crippen LogP contribution < -0.4 is 5.32 Å². The summed E-state index contributed by atoms with van der Waals surface area (Å²) in [6.45, 7) is 2.14. The second-order valence-electron chi connectivity index (χ2n) is 4.88. The molecular weight excluding hydrogens is 297 g/mol. The summed E-state index contributed by atoms with van der Waals surface area (Å²) in [6.07, 6.45) is 0.681. The van der Waals surface area contributed by atoms with Gasteiger partial charge in [-0.3, -0.25) is 4.79 Å². The SMILES string of the molecule is CC1(C(=O)O)CCN(C(=O)NCCSC(F)(F)F)CC1. The van der Waals surface area contributed by atoms with Crippen LogP contribution in [0.3, 0.4) is 0 Å². The number of hydrogen-bond acceptors (Lipinski definition) is 3. The molecule has 1 saturated heterocycles. The van der Waals surface area contributed by atoms with Gasteiger partial charge >= 0.3 is 17.5 Å². The summed E-state index contributed by atoms with van der Waals surface area (Å²) >= 11 is -0.185. The molecule has 2 amide bonds. The molecule has 5 nitrogen and oxygen atoms in total. The van der Waals surface area contributed by atoms with Crippen LogP contribution in [0.2, 0.25) is 0 Å². The Balaban J connectivity index is 2.28. The molecule has 0 unspecified atom stereocenters. The minimum atomic E-state index is -4.29. The number of halogens is 3. The van der Waals surface area contributed by atoms with Crippen LogP contribution in [0, 0.1) is 5.41 Å². The van der Waals surface area contributed by atoms with Gasteiger partial charge in [0, 0.05) is 25.4 Å². The molecule has 0 aromatic heterocycles. The van der Waals surface area contributed by atoms with Gasteiger partial charge in [-0.05, 0) is 31.5 Å². The van der Waals surface area contributed by atoms with Crippen LogP contribution in [0.4, 0.5) is 18.0 Å². The van der Waals surface area contributed by atoms with Crippen LogP contribution in [-0.2, 0) is 4.79 Å². The normalized spacial score (nSPS) is 18.7.